The number of carbonyl (C=O) groups is 2. The van der Waals surface area contributed by atoms with Gasteiger partial charge in [-0.15, -0.1) is 10.1 Å². The highest BCUT2D eigenvalue weighted by atomic mass is 32.2. The zero-order chi connectivity index (χ0) is 30.4. The first-order valence-electron chi connectivity index (χ1n) is 11.6. The van der Waals surface area contributed by atoms with E-state index in [1.807, 2.05) is 6.92 Å². The van der Waals surface area contributed by atoms with E-state index in [1.54, 1.807) is 24.3 Å². The molecule has 0 radical (unpaired) electrons. The molecule has 1 heterocycles. The van der Waals surface area contributed by atoms with Gasteiger partial charge in [0.2, 0.25) is 5.91 Å². The third-order valence-corrected chi connectivity index (χ3v) is 7.18. The summed E-state index contributed by atoms with van der Waals surface area (Å²) >= 11 is 0. The number of halogens is 3. The zero-order valence-corrected chi connectivity index (χ0v) is 22.3. The van der Waals surface area contributed by atoms with E-state index in [9.17, 15) is 41.3 Å². The Bertz CT molecular complexity index is 1510. The standard InChI is InChI=1S/C24H23F3N4O9S/c1-16-4-6-18(7-5-16)21-14-22(24(25,26)27)28-30(21)19-8-10-20(11-9-19)41(36,37)29(17(2)32)15-39-23(33)38-12-3-13-40-31(34)35/h4-11,14H,3,12-13,15H2,1-2H3. The lowest BCUT2D eigenvalue weighted by atomic mass is 10.1. The number of amides is 1. The van der Waals surface area contributed by atoms with Crippen LogP contribution in [-0.4, -0.2) is 59.6 Å². The number of hydrogen-bond donors (Lipinski definition) is 0. The highest BCUT2D eigenvalue weighted by Gasteiger charge is 2.35. The van der Waals surface area contributed by atoms with Gasteiger partial charge in [-0.05, 0) is 37.3 Å². The van der Waals surface area contributed by atoms with Gasteiger partial charge in [-0.2, -0.15) is 22.6 Å². The smallest absolute Gasteiger partial charge is 0.434 e. The molecule has 2 aromatic carbocycles. The summed E-state index contributed by atoms with van der Waals surface area (Å²) in [5.41, 5.74) is 0.384. The van der Waals surface area contributed by atoms with Crippen LogP contribution in [0.15, 0.2) is 59.5 Å². The minimum Gasteiger partial charge on any atom is -0.434 e. The fourth-order valence-electron chi connectivity index (χ4n) is 3.37. The maximum absolute atomic E-state index is 13.5. The molecule has 0 atom stereocenters. The summed E-state index contributed by atoms with van der Waals surface area (Å²) < 4.78 is 77.1. The molecule has 0 aliphatic carbocycles. The predicted molar refractivity (Wildman–Crippen MR) is 133 cm³/mol. The van der Waals surface area contributed by atoms with E-state index in [2.05, 4.69) is 19.4 Å². The highest BCUT2D eigenvalue weighted by Crippen LogP contribution is 2.33. The van der Waals surface area contributed by atoms with Crippen LogP contribution in [0.5, 0.6) is 0 Å². The summed E-state index contributed by atoms with van der Waals surface area (Å²) in [4.78, 5) is 37.5. The summed E-state index contributed by atoms with van der Waals surface area (Å²) in [6, 6.07) is 12.1. The number of nitrogens with zero attached hydrogens (tertiary/aromatic N) is 4. The van der Waals surface area contributed by atoms with E-state index in [1.165, 1.54) is 12.1 Å². The van der Waals surface area contributed by atoms with E-state index in [4.69, 9.17) is 0 Å². The van der Waals surface area contributed by atoms with Crippen molar-refractivity contribution in [3.05, 3.63) is 76.0 Å². The van der Waals surface area contributed by atoms with Crippen LogP contribution in [0.25, 0.3) is 16.9 Å². The van der Waals surface area contributed by atoms with Crippen molar-refractivity contribution in [2.45, 2.75) is 31.3 Å². The van der Waals surface area contributed by atoms with Gasteiger partial charge in [0.25, 0.3) is 15.1 Å². The summed E-state index contributed by atoms with van der Waals surface area (Å²) in [5.74, 6) is -1.01. The normalized spacial score (nSPS) is 11.5. The molecule has 41 heavy (non-hydrogen) atoms. The topological polar surface area (TPSA) is 160 Å². The van der Waals surface area contributed by atoms with Gasteiger partial charge in [0.05, 0.1) is 29.5 Å². The fourth-order valence-corrected chi connectivity index (χ4v) is 4.63. The minimum absolute atomic E-state index is 0.0521. The zero-order valence-electron chi connectivity index (χ0n) is 21.5. The molecule has 13 nitrogen and oxygen atoms in total. The van der Waals surface area contributed by atoms with Gasteiger partial charge in [-0.1, -0.05) is 29.8 Å². The number of ether oxygens (including phenoxy) is 2. The summed E-state index contributed by atoms with van der Waals surface area (Å²) in [6.45, 7) is 0.987. The van der Waals surface area contributed by atoms with Gasteiger partial charge in [-0.3, -0.25) is 4.79 Å². The number of aromatic nitrogens is 2. The van der Waals surface area contributed by atoms with Crippen LogP contribution >= 0.6 is 0 Å². The minimum atomic E-state index is -4.74. The maximum Gasteiger partial charge on any atom is 0.510 e. The van der Waals surface area contributed by atoms with Crippen LogP contribution in [0.2, 0.25) is 0 Å². The van der Waals surface area contributed by atoms with Crippen LogP contribution in [0.3, 0.4) is 0 Å². The first-order valence-corrected chi connectivity index (χ1v) is 13.1. The Balaban J connectivity index is 1.80. The highest BCUT2D eigenvalue weighted by molar-refractivity contribution is 7.89. The van der Waals surface area contributed by atoms with Gasteiger partial charge in [0.1, 0.15) is 0 Å². The molecular formula is C24H23F3N4O9S. The van der Waals surface area contributed by atoms with Gasteiger partial charge < -0.3 is 14.3 Å². The summed E-state index contributed by atoms with van der Waals surface area (Å²) in [7, 11) is -4.57. The van der Waals surface area contributed by atoms with Crippen molar-refractivity contribution in [3.8, 4) is 16.9 Å². The molecule has 1 aromatic heterocycles. The van der Waals surface area contributed by atoms with E-state index in [0.29, 0.717) is 5.56 Å². The Kier molecular flexibility index (Phi) is 9.54. The van der Waals surface area contributed by atoms with Crippen molar-refractivity contribution in [1.29, 1.82) is 0 Å². The average Bonchev–Trinajstić information content (AvgIpc) is 3.35. The van der Waals surface area contributed by atoms with Crippen molar-refractivity contribution < 1.29 is 50.6 Å². The third-order valence-electron chi connectivity index (χ3n) is 5.37. The van der Waals surface area contributed by atoms with Crippen LogP contribution in [0.1, 0.15) is 24.6 Å². The second kappa shape index (κ2) is 12.7. The SMILES string of the molecule is CC(=O)N(COC(=O)OCCCO[N+](=O)[O-])S(=O)(=O)c1ccc(-n2nc(C(F)(F)F)cc2-c2ccc(C)cc2)cc1. The van der Waals surface area contributed by atoms with Crippen molar-refractivity contribution in [2.24, 2.45) is 0 Å². The Morgan fingerprint density at radius 1 is 1.05 bits per heavy atom. The summed E-state index contributed by atoms with van der Waals surface area (Å²) in [5, 5.41) is 12.7. The van der Waals surface area contributed by atoms with Crippen molar-refractivity contribution in [3.63, 3.8) is 0 Å². The lowest BCUT2D eigenvalue weighted by Crippen LogP contribution is -2.38. The molecule has 0 saturated carbocycles. The number of carbonyl (C=O) groups excluding carboxylic acids is 2. The van der Waals surface area contributed by atoms with E-state index in [-0.39, 0.29) is 35.3 Å². The molecule has 0 N–H and O–H groups in total. The molecule has 0 bridgehead atoms. The second-order valence-electron chi connectivity index (χ2n) is 8.34. The first-order chi connectivity index (χ1) is 19.2. The van der Waals surface area contributed by atoms with Crippen LogP contribution < -0.4 is 0 Å². The predicted octanol–water partition coefficient (Wildman–Crippen LogP) is 4.11. The van der Waals surface area contributed by atoms with E-state index in [0.717, 1.165) is 35.4 Å². The molecular weight excluding hydrogens is 577 g/mol. The average molecular weight is 601 g/mol. The molecule has 220 valence electrons. The fraction of sp³-hybridized carbons (Fsp3) is 0.292. The molecule has 3 aromatic rings. The molecule has 0 aliphatic rings. The molecule has 0 unspecified atom stereocenters. The lowest BCUT2D eigenvalue weighted by molar-refractivity contribution is -0.757. The van der Waals surface area contributed by atoms with Crippen LogP contribution in [0.4, 0.5) is 18.0 Å². The van der Waals surface area contributed by atoms with Crippen LogP contribution in [0, 0.1) is 17.0 Å². The number of hydrogen-bond acceptors (Lipinski definition) is 10. The molecule has 0 spiro atoms. The lowest BCUT2D eigenvalue weighted by Gasteiger charge is -2.20. The third kappa shape index (κ3) is 7.93. The number of benzene rings is 2. The Labute approximate surface area is 231 Å². The first kappa shape index (κ1) is 30.9. The molecule has 1 amide bonds. The van der Waals surface area contributed by atoms with Gasteiger partial charge >= 0.3 is 12.3 Å². The summed E-state index contributed by atoms with van der Waals surface area (Å²) in [6.07, 6.45) is -6.13. The van der Waals surface area contributed by atoms with Crippen molar-refractivity contribution in [1.82, 2.24) is 14.1 Å². The molecule has 0 fully saturated rings. The monoisotopic (exact) mass is 600 g/mol. The van der Waals surface area contributed by atoms with Crippen LogP contribution in [-0.2, 0) is 35.3 Å². The number of sulfonamides is 1. The Hall–Kier alpha value is -4.67. The molecule has 17 heteroatoms. The number of aryl methyl sites for hydroxylation is 1. The maximum atomic E-state index is 13.5. The van der Waals surface area contributed by atoms with Gasteiger partial charge in [0.15, 0.2) is 12.4 Å². The Morgan fingerprint density at radius 3 is 2.24 bits per heavy atom. The van der Waals surface area contributed by atoms with Crippen molar-refractivity contribution >= 4 is 22.1 Å². The van der Waals surface area contributed by atoms with Crippen molar-refractivity contribution in [2.75, 3.05) is 19.9 Å². The van der Waals surface area contributed by atoms with E-state index < -0.39 is 50.7 Å². The number of alkyl halides is 3. The molecule has 0 aliphatic heterocycles. The molecule has 3 rings (SSSR count). The largest absolute Gasteiger partial charge is 0.510 e. The van der Waals surface area contributed by atoms with Gasteiger partial charge in [0, 0.05) is 18.9 Å². The molecule has 0 saturated heterocycles. The number of rotatable bonds is 11. The Morgan fingerprint density at radius 2 is 1.68 bits per heavy atom. The van der Waals surface area contributed by atoms with E-state index >= 15 is 0 Å². The quantitative estimate of drug-likeness (QED) is 0.103. The second-order valence-corrected chi connectivity index (χ2v) is 10.2. The van der Waals surface area contributed by atoms with Gasteiger partial charge in [-0.25, -0.2) is 17.9 Å².